The van der Waals surface area contributed by atoms with E-state index in [9.17, 15) is 18.0 Å². The van der Waals surface area contributed by atoms with Gasteiger partial charge in [-0.15, -0.1) is 10.2 Å². The third-order valence-electron chi connectivity index (χ3n) is 5.21. The fraction of sp³-hybridized carbons (Fsp3) is 0.227. The lowest BCUT2D eigenvalue weighted by Gasteiger charge is -2.35. The standard InChI is InChI=1S/C22H18Cl2F3N5O/c23-15-3-6-17(18(24)13-15)19-7-8-20(30-29-19)31-9-11-32(12-10-31)21(33)28-16-4-1-14(2-5-16)22(25,26)27/h1-8,13H,9-12H2,(H,28,33). The largest absolute Gasteiger partial charge is 0.416 e. The Kier molecular flexibility index (Phi) is 6.62. The van der Waals surface area contributed by atoms with E-state index in [1.165, 1.54) is 12.1 Å². The predicted octanol–water partition coefficient (Wildman–Crippen LogP) is 5.82. The van der Waals surface area contributed by atoms with E-state index in [1.54, 1.807) is 23.1 Å². The smallest absolute Gasteiger partial charge is 0.352 e. The van der Waals surface area contributed by atoms with Gasteiger partial charge in [-0.3, -0.25) is 0 Å². The summed E-state index contributed by atoms with van der Waals surface area (Å²) >= 11 is 12.2. The van der Waals surface area contributed by atoms with Gasteiger partial charge in [0.1, 0.15) is 0 Å². The molecule has 2 amide bonds. The molecule has 1 fully saturated rings. The highest BCUT2D eigenvalue weighted by molar-refractivity contribution is 6.36. The Morgan fingerprint density at radius 3 is 2.18 bits per heavy atom. The summed E-state index contributed by atoms with van der Waals surface area (Å²) in [6.45, 7) is 1.93. The normalized spacial score (nSPS) is 14.3. The molecule has 4 rings (SSSR count). The highest BCUT2D eigenvalue weighted by atomic mass is 35.5. The van der Waals surface area contributed by atoms with Gasteiger partial charge >= 0.3 is 12.2 Å². The van der Waals surface area contributed by atoms with E-state index in [0.29, 0.717) is 53.4 Å². The average molecular weight is 496 g/mol. The van der Waals surface area contributed by atoms with Crippen molar-refractivity contribution in [3.8, 4) is 11.3 Å². The molecule has 1 aliphatic rings. The minimum Gasteiger partial charge on any atom is -0.352 e. The summed E-state index contributed by atoms with van der Waals surface area (Å²) in [6, 6.07) is 12.8. The lowest BCUT2D eigenvalue weighted by atomic mass is 10.1. The molecular weight excluding hydrogens is 478 g/mol. The van der Waals surface area contributed by atoms with Crippen LogP contribution in [0.4, 0.5) is 29.5 Å². The molecule has 6 nitrogen and oxygen atoms in total. The second kappa shape index (κ2) is 9.44. The molecule has 1 saturated heterocycles. The molecule has 0 spiro atoms. The molecule has 2 heterocycles. The summed E-state index contributed by atoms with van der Waals surface area (Å²) in [4.78, 5) is 16.1. The van der Waals surface area contributed by atoms with Gasteiger partial charge in [-0.1, -0.05) is 23.2 Å². The molecule has 0 radical (unpaired) electrons. The van der Waals surface area contributed by atoms with E-state index >= 15 is 0 Å². The molecular formula is C22H18Cl2F3N5O. The molecule has 1 N–H and O–H groups in total. The third-order valence-corrected chi connectivity index (χ3v) is 5.76. The first-order chi connectivity index (χ1) is 15.7. The number of anilines is 2. The molecule has 172 valence electrons. The minimum atomic E-state index is -4.42. The van der Waals surface area contributed by atoms with Crippen molar-refractivity contribution in [2.75, 3.05) is 36.4 Å². The molecule has 33 heavy (non-hydrogen) atoms. The Labute approximate surface area is 197 Å². The summed E-state index contributed by atoms with van der Waals surface area (Å²) in [6.07, 6.45) is -4.42. The molecule has 0 bridgehead atoms. The van der Waals surface area contributed by atoms with Crippen LogP contribution in [-0.4, -0.2) is 47.3 Å². The molecule has 0 atom stereocenters. The van der Waals surface area contributed by atoms with Crippen LogP contribution in [0.15, 0.2) is 54.6 Å². The van der Waals surface area contributed by atoms with Crippen LogP contribution in [0.2, 0.25) is 10.0 Å². The lowest BCUT2D eigenvalue weighted by molar-refractivity contribution is -0.137. The topological polar surface area (TPSA) is 61.4 Å². The maximum Gasteiger partial charge on any atom is 0.416 e. The van der Waals surface area contributed by atoms with Crippen LogP contribution in [0.5, 0.6) is 0 Å². The third kappa shape index (κ3) is 5.48. The van der Waals surface area contributed by atoms with Gasteiger partial charge in [0.2, 0.25) is 0 Å². The van der Waals surface area contributed by atoms with Crippen LogP contribution in [0.1, 0.15) is 5.56 Å². The van der Waals surface area contributed by atoms with Crippen molar-refractivity contribution in [3.63, 3.8) is 0 Å². The predicted molar refractivity (Wildman–Crippen MR) is 122 cm³/mol. The Balaban J connectivity index is 1.33. The van der Waals surface area contributed by atoms with E-state index < -0.39 is 11.7 Å². The number of hydrogen-bond acceptors (Lipinski definition) is 4. The first-order valence-corrected chi connectivity index (χ1v) is 10.7. The number of rotatable bonds is 3. The molecule has 2 aromatic carbocycles. The lowest BCUT2D eigenvalue weighted by Crippen LogP contribution is -2.50. The summed E-state index contributed by atoms with van der Waals surface area (Å²) in [7, 11) is 0. The molecule has 3 aromatic rings. The minimum absolute atomic E-state index is 0.303. The van der Waals surface area contributed by atoms with E-state index in [1.807, 2.05) is 17.0 Å². The van der Waals surface area contributed by atoms with Crippen LogP contribution >= 0.6 is 23.2 Å². The molecule has 0 aliphatic carbocycles. The van der Waals surface area contributed by atoms with Crippen molar-refractivity contribution < 1.29 is 18.0 Å². The highest BCUT2D eigenvalue weighted by Crippen LogP contribution is 2.30. The summed E-state index contributed by atoms with van der Waals surface area (Å²) in [5.74, 6) is 0.673. The van der Waals surface area contributed by atoms with E-state index in [4.69, 9.17) is 23.2 Å². The number of carbonyl (C=O) groups is 1. The average Bonchev–Trinajstić information content (AvgIpc) is 2.79. The number of nitrogens with zero attached hydrogens (tertiary/aromatic N) is 4. The molecule has 1 aromatic heterocycles. The number of benzene rings is 2. The fourth-order valence-corrected chi connectivity index (χ4v) is 3.92. The Morgan fingerprint density at radius 2 is 1.61 bits per heavy atom. The summed E-state index contributed by atoms with van der Waals surface area (Å²) in [5.41, 5.74) is 0.886. The number of aromatic nitrogens is 2. The van der Waals surface area contributed by atoms with Crippen LogP contribution in [-0.2, 0) is 6.18 Å². The van der Waals surface area contributed by atoms with E-state index in [0.717, 1.165) is 17.7 Å². The molecule has 11 heteroatoms. The molecule has 0 unspecified atom stereocenters. The van der Waals surface area contributed by atoms with Crippen LogP contribution in [0, 0.1) is 0 Å². The molecule has 1 aliphatic heterocycles. The monoisotopic (exact) mass is 495 g/mol. The van der Waals surface area contributed by atoms with Gasteiger partial charge in [0.15, 0.2) is 5.82 Å². The van der Waals surface area contributed by atoms with Crippen LogP contribution in [0.3, 0.4) is 0 Å². The summed E-state index contributed by atoms with van der Waals surface area (Å²) < 4.78 is 38.0. The second-order valence-corrected chi connectivity index (χ2v) is 8.22. The SMILES string of the molecule is O=C(Nc1ccc(C(F)(F)F)cc1)N1CCN(c2ccc(-c3ccc(Cl)cc3Cl)nn2)CC1. The van der Waals surface area contributed by atoms with Crippen molar-refractivity contribution >= 4 is 40.7 Å². The van der Waals surface area contributed by atoms with Gasteiger partial charge < -0.3 is 15.1 Å². The van der Waals surface area contributed by atoms with Gasteiger partial charge in [0.05, 0.1) is 16.3 Å². The van der Waals surface area contributed by atoms with Crippen molar-refractivity contribution in [3.05, 3.63) is 70.2 Å². The van der Waals surface area contributed by atoms with Crippen molar-refractivity contribution in [2.24, 2.45) is 0 Å². The zero-order chi connectivity index (χ0) is 23.6. The van der Waals surface area contributed by atoms with E-state index in [-0.39, 0.29) is 6.03 Å². The molecule has 0 saturated carbocycles. The number of piperazine rings is 1. The van der Waals surface area contributed by atoms with Gasteiger partial charge in [-0.2, -0.15) is 13.2 Å². The first kappa shape index (κ1) is 23.1. The van der Waals surface area contributed by atoms with E-state index in [2.05, 4.69) is 15.5 Å². The summed E-state index contributed by atoms with van der Waals surface area (Å²) in [5, 5.41) is 12.2. The number of hydrogen-bond donors (Lipinski definition) is 1. The Bertz CT molecular complexity index is 1130. The number of halogens is 5. The van der Waals surface area contributed by atoms with Gasteiger partial charge in [0.25, 0.3) is 0 Å². The highest BCUT2D eigenvalue weighted by Gasteiger charge is 2.30. The van der Waals surface area contributed by atoms with Crippen molar-refractivity contribution in [1.29, 1.82) is 0 Å². The number of amides is 2. The quantitative estimate of drug-likeness (QED) is 0.496. The Morgan fingerprint density at radius 1 is 0.909 bits per heavy atom. The van der Waals surface area contributed by atoms with Gasteiger partial charge in [-0.05, 0) is 54.6 Å². The van der Waals surface area contributed by atoms with Gasteiger partial charge in [-0.25, -0.2) is 4.79 Å². The zero-order valence-corrected chi connectivity index (χ0v) is 18.6. The number of urea groups is 1. The Hall–Kier alpha value is -3.04. The van der Waals surface area contributed by atoms with Crippen LogP contribution < -0.4 is 10.2 Å². The van der Waals surface area contributed by atoms with Gasteiger partial charge in [0, 0.05) is 42.5 Å². The number of carbonyl (C=O) groups excluding carboxylic acids is 1. The maximum atomic E-state index is 12.7. The van der Waals surface area contributed by atoms with Crippen LogP contribution in [0.25, 0.3) is 11.3 Å². The van der Waals surface area contributed by atoms with Crippen molar-refractivity contribution in [2.45, 2.75) is 6.18 Å². The number of alkyl halides is 3. The maximum absolute atomic E-state index is 12.7. The fourth-order valence-electron chi connectivity index (χ4n) is 3.42. The van der Waals surface area contributed by atoms with Crippen molar-refractivity contribution in [1.82, 2.24) is 15.1 Å². The zero-order valence-electron chi connectivity index (χ0n) is 17.1. The second-order valence-electron chi connectivity index (χ2n) is 7.38. The first-order valence-electron chi connectivity index (χ1n) is 9.98. The number of nitrogens with one attached hydrogen (secondary N) is 1.